The van der Waals surface area contributed by atoms with E-state index in [2.05, 4.69) is 4.98 Å². The molecule has 1 heterocycles. The minimum absolute atomic E-state index is 0.0143. The van der Waals surface area contributed by atoms with Gasteiger partial charge in [-0.25, -0.2) is 4.98 Å². The van der Waals surface area contributed by atoms with Crippen LogP contribution in [0.5, 0.6) is 0 Å². The van der Waals surface area contributed by atoms with Crippen LogP contribution in [0, 0.1) is 10.1 Å². The summed E-state index contributed by atoms with van der Waals surface area (Å²) >= 11 is 0. The van der Waals surface area contributed by atoms with E-state index < -0.39 is 4.92 Å². The van der Waals surface area contributed by atoms with Crippen molar-refractivity contribution in [3.8, 4) is 0 Å². The standard InChI is InChI=1S/C8H10N2O3S2/c1-6(5-11)14-15-8-3-2-7(4-9-8)10(12)13/h2-4,6,11H,5H2,1H3. The van der Waals surface area contributed by atoms with Crippen LogP contribution in [0.1, 0.15) is 6.92 Å². The highest BCUT2D eigenvalue weighted by Crippen LogP contribution is 2.33. The number of hydrogen-bond acceptors (Lipinski definition) is 6. The lowest BCUT2D eigenvalue weighted by molar-refractivity contribution is -0.385. The van der Waals surface area contributed by atoms with E-state index in [-0.39, 0.29) is 17.5 Å². The fourth-order valence-corrected chi connectivity index (χ4v) is 2.50. The maximum absolute atomic E-state index is 10.3. The summed E-state index contributed by atoms with van der Waals surface area (Å²) in [5.41, 5.74) is -0.0143. The summed E-state index contributed by atoms with van der Waals surface area (Å²) in [6, 6.07) is 3.01. The van der Waals surface area contributed by atoms with Crippen molar-refractivity contribution in [1.82, 2.24) is 4.98 Å². The van der Waals surface area contributed by atoms with Gasteiger partial charge in [0.2, 0.25) is 0 Å². The molecule has 0 aliphatic heterocycles. The monoisotopic (exact) mass is 246 g/mol. The van der Waals surface area contributed by atoms with Gasteiger partial charge in [0.05, 0.1) is 11.5 Å². The Morgan fingerprint density at radius 2 is 2.40 bits per heavy atom. The van der Waals surface area contributed by atoms with Crippen molar-refractivity contribution in [2.45, 2.75) is 17.2 Å². The van der Waals surface area contributed by atoms with Crippen LogP contribution in [0.15, 0.2) is 23.4 Å². The summed E-state index contributed by atoms with van der Waals surface area (Å²) < 4.78 is 0. The van der Waals surface area contributed by atoms with Gasteiger partial charge in [-0.05, 0) is 16.9 Å². The molecule has 0 aromatic carbocycles. The van der Waals surface area contributed by atoms with Crippen LogP contribution in [0.25, 0.3) is 0 Å². The fraction of sp³-hybridized carbons (Fsp3) is 0.375. The maximum Gasteiger partial charge on any atom is 0.287 e. The van der Waals surface area contributed by atoms with E-state index in [1.54, 1.807) is 6.07 Å². The molecular weight excluding hydrogens is 236 g/mol. The third-order valence-electron chi connectivity index (χ3n) is 1.49. The lowest BCUT2D eigenvalue weighted by Gasteiger charge is -2.04. The molecule has 1 N–H and O–H groups in total. The minimum atomic E-state index is -0.481. The largest absolute Gasteiger partial charge is 0.395 e. The summed E-state index contributed by atoms with van der Waals surface area (Å²) in [5.74, 6) is 0. The average molecular weight is 246 g/mol. The number of nitrogens with zero attached hydrogens (tertiary/aromatic N) is 2. The Labute approximate surface area is 94.8 Å². The predicted molar refractivity (Wildman–Crippen MR) is 60.9 cm³/mol. The first-order valence-corrected chi connectivity index (χ1v) is 6.39. The van der Waals surface area contributed by atoms with Crippen molar-refractivity contribution in [3.05, 3.63) is 28.4 Å². The quantitative estimate of drug-likeness (QED) is 0.487. The zero-order valence-corrected chi connectivity index (χ0v) is 9.62. The Morgan fingerprint density at radius 1 is 1.67 bits per heavy atom. The molecule has 7 heteroatoms. The van der Waals surface area contributed by atoms with Gasteiger partial charge < -0.3 is 5.11 Å². The van der Waals surface area contributed by atoms with Gasteiger partial charge in [-0.1, -0.05) is 17.7 Å². The number of nitro groups is 1. The number of pyridine rings is 1. The van der Waals surface area contributed by atoms with Crippen LogP contribution < -0.4 is 0 Å². The number of aliphatic hydroxyl groups excluding tert-OH is 1. The molecule has 0 saturated heterocycles. The second kappa shape index (κ2) is 5.94. The molecule has 1 atom stereocenters. The topological polar surface area (TPSA) is 76.3 Å². The van der Waals surface area contributed by atoms with Crippen LogP contribution in [0.4, 0.5) is 5.69 Å². The Bertz CT molecular complexity index is 331. The van der Waals surface area contributed by atoms with E-state index in [0.29, 0.717) is 5.03 Å². The molecule has 5 nitrogen and oxygen atoms in total. The summed E-state index contributed by atoms with van der Waals surface area (Å²) in [6.45, 7) is 1.99. The van der Waals surface area contributed by atoms with Gasteiger partial charge in [0.25, 0.3) is 5.69 Å². The summed E-state index contributed by atoms with van der Waals surface area (Å²) in [4.78, 5) is 13.8. The number of aromatic nitrogens is 1. The van der Waals surface area contributed by atoms with E-state index >= 15 is 0 Å². The number of rotatable bonds is 5. The van der Waals surface area contributed by atoms with Crippen LogP contribution in [0.3, 0.4) is 0 Å². The van der Waals surface area contributed by atoms with Crippen molar-refractivity contribution >= 4 is 27.3 Å². The number of aliphatic hydroxyl groups is 1. The lowest BCUT2D eigenvalue weighted by Crippen LogP contribution is -1.99. The van der Waals surface area contributed by atoms with Crippen molar-refractivity contribution in [2.24, 2.45) is 0 Å². The molecular formula is C8H10N2O3S2. The van der Waals surface area contributed by atoms with Crippen LogP contribution in [-0.2, 0) is 0 Å². The summed E-state index contributed by atoms with van der Waals surface area (Å²) in [5, 5.41) is 19.9. The van der Waals surface area contributed by atoms with Gasteiger partial charge in [0.1, 0.15) is 11.2 Å². The molecule has 0 aliphatic carbocycles. The third-order valence-corrected chi connectivity index (χ3v) is 4.26. The Hall–Kier alpha value is -0.790. The van der Waals surface area contributed by atoms with Crippen LogP contribution in [0.2, 0.25) is 0 Å². The van der Waals surface area contributed by atoms with Gasteiger partial charge >= 0.3 is 0 Å². The van der Waals surface area contributed by atoms with Gasteiger partial charge in [-0.2, -0.15) is 0 Å². The van der Waals surface area contributed by atoms with E-state index in [0.717, 1.165) is 0 Å². The van der Waals surface area contributed by atoms with E-state index in [4.69, 9.17) is 5.11 Å². The van der Waals surface area contributed by atoms with Crippen molar-refractivity contribution in [1.29, 1.82) is 0 Å². The predicted octanol–water partition coefficient (Wildman–Crippen LogP) is 2.11. The molecule has 0 saturated carbocycles. The molecule has 0 amide bonds. The van der Waals surface area contributed by atoms with E-state index in [1.807, 2.05) is 6.92 Å². The Kier molecular flexibility index (Phi) is 4.86. The highest BCUT2D eigenvalue weighted by atomic mass is 33.1. The normalized spacial score (nSPS) is 12.4. The van der Waals surface area contributed by atoms with Crippen molar-refractivity contribution in [3.63, 3.8) is 0 Å². The van der Waals surface area contributed by atoms with Crippen LogP contribution in [-0.4, -0.2) is 26.9 Å². The van der Waals surface area contributed by atoms with E-state index in [9.17, 15) is 10.1 Å². The van der Waals surface area contributed by atoms with Crippen LogP contribution >= 0.6 is 21.6 Å². The van der Waals surface area contributed by atoms with Gasteiger partial charge in [0, 0.05) is 11.3 Å². The van der Waals surface area contributed by atoms with Gasteiger partial charge in [0.15, 0.2) is 0 Å². The number of hydrogen-bond donors (Lipinski definition) is 1. The molecule has 0 bridgehead atoms. The highest BCUT2D eigenvalue weighted by molar-refractivity contribution is 8.76. The first-order valence-electron chi connectivity index (χ1n) is 4.18. The molecule has 1 rings (SSSR count). The third kappa shape index (κ3) is 4.06. The van der Waals surface area contributed by atoms with Crippen molar-refractivity contribution < 1.29 is 10.0 Å². The first kappa shape index (κ1) is 12.3. The Balaban J connectivity index is 2.53. The first-order chi connectivity index (χ1) is 7.13. The lowest BCUT2D eigenvalue weighted by atomic mass is 10.4. The minimum Gasteiger partial charge on any atom is -0.395 e. The molecule has 1 unspecified atom stereocenters. The highest BCUT2D eigenvalue weighted by Gasteiger charge is 2.07. The molecule has 0 aliphatic rings. The average Bonchev–Trinajstić information content (AvgIpc) is 2.26. The van der Waals surface area contributed by atoms with Crippen molar-refractivity contribution in [2.75, 3.05) is 6.61 Å². The van der Waals surface area contributed by atoms with E-state index in [1.165, 1.54) is 33.9 Å². The SMILES string of the molecule is CC(CO)SSc1ccc([N+](=O)[O-])cn1. The molecule has 1 aromatic rings. The Morgan fingerprint density at radius 3 is 2.87 bits per heavy atom. The second-order valence-electron chi connectivity index (χ2n) is 2.78. The molecule has 15 heavy (non-hydrogen) atoms. The van der Waals surface area contributed by atoms with Gasteiger partial charge in [-0.15, -0.1) is 0 Å². The molecule has 1 aromatic heterocycles. The zero-order valence-electron chi connectivity index (χ0n) is 7.99. The smallest absolute Gasteiger partial charge is 0.287 e. The molecule has 0 fully saturated rings. The summed E-state index contributed by atoms with van der Waals surface area (Å²) in [6.07, 6.45) is 1.23. The maximum atomic E-state index is 10.3. The molecule has 0 spiro atoms. The second-order valence-corrected chi connectivity index (χ2v) is 5.44. The molecule has 82 valence electrons. The zero-order chi connectivity index (χ0) is 11.3. The fourth-order valence-electron chi connectivity index (χ4n) is 0.692. The molecule has 0 radical (unpaired) electrons. The summed E-state index contributed by atoms with van der Waals surface area (Å²) in [7, 11) is 2.87. The van der Waals surface area contributed by atoms with Gasteiger partial charge in [-0.3, -0.25) is 10.1 Å².